The minimum Gasteiger partial charge on any atom is -0.459 e. The van der Waals surface area contributed by atoms with Crippen LogP contribution in [0.1, 0.15) is 35.3 Å². The van der Waals surface area contributed by atoms with Crippen LogP contribution in [0.15, 0.2) is 221 Å². The molecule has 5 heteroatoms. The average Bonchev–Trinajstić information content (AvgIpc) is 4.20. The highest BCUT2D eigenvalue weighted by atomic mass is 32.1. The fourth-order valence-corrected chi connectivity index (χ4v) is 13.2. The van der Waals surface area contributed by atoms with Gasteiger partial charge in [-0.25, -0.2) is 0 Å². The molecule has 0 radical (unpaired) electrons. The van der Waals surface area contributed by atoms with Crippen LogP contribution >= 0.6 is 11.3 Å². The molecule has 0 amide bonds. The van der Waals surface area contributed by atoms with Crippen LogP contribution in [0.2, 0.25) is 0 Å². The lowest BCUT2D eigenvalue weighted by Gasteiger charge is -2.32. The van der Waals surface area contributed by atoms with Gasteiger partial charge in [-0.1, -0.05) is 146 Å². The summed E-state index contributed by atoms with van der Waals surface area (Å²) in [5.41, 5.74) is 17.2. The minimum absolute atomic E-state index is 0.730. The number of fused-ring (bicyclic) bond motifs is 18. The van der Waals surface area contributed by atoms with Crippen molar-refractivity contribution in [2.24, 2.45) is 0 Å². The average molecular weight is 889 g/mol. The molecule has 3 aliphatic carbocycles. The van der Waals surface area contributed by atoms with Gasteiger partial charge in [-0.05, 0) is 119 Å². The van der Waals surface area contributed by atoms with Crippen molar-refractivity contribution in [1.82, 2.24) is 0 Å². The molecule has 1 spiro atoms. The summed E-state index contributed by atoms with van der Waals surface area (Å²) in [6, 6.07) is 77.4. The zero-order chi connectivity index (χ0) is 44.5. The van der Waals surface area contributed by atoms with Gasteiger partial charge in [0.1, 0.15) is 22.3 Å². The molecular weight excluding hydrogens is 849 g/mol. The molecule has 4 nitrogen and oxygen atoms in total. The largest absolute Gasteiger partial charge is 0.459 e. The van der Waals surface area contributed by atoms with E-state index < -0.39 is 5.41 Å². The van der Waals surface area contributed by atoms with Crippen molar-refractivity contribution < 1.29 is 8.83 Å². The SMILES string of the molecule is C1=c2c(oc3ccccc23)=C(N(c2ccccc2)c2ccc3c(c2)-c2c(oc4ccccc24)C32c3ccccc3-c3ccc(N(c4ccccc4)c4cccc5c4sc4ccccc45)cc32)CC1. The number of anilines is 5. The van der Waals surface area contributed by atoms with Gasteiger partial charge < -0.3 is 18.6 Å². The molecule has 12 aromatic rings. The lowest BCUT2D eigenvalue weighted by Crippen LogP contribution is -2.33. The van der Waals surface area contributed by atoms with Crippen molar-refractivity contribution in [3.63, 3.8) is 0 Å². The first kappa shape index (κ1) is 37.8. The Labute approximate surface area is 396 Å². The van der Waals surface area contributed by atoms with Gasteiger partial charge in [0.25, 0.3) is 0 Å². The molecule has 3 heterocycles. The molecule has 320 valence electrons. The first-order valence-electron chi connectivity index (χ1n) is 23.5. The molecule has 1 unspecified atom stereocenters. The van der Waals surface area contributed by atoms with Crippen LogP contribution in [-0.2, 0) is 5.41 Å². The van der Waals surface area contributed by atoms with Crippen molar-refractivity contribution >= 4 is 93.7 Å². The topological polar surface area (TPSA) is 32.8 Å². The summed E-state index contributed by atoms with van der Waals surface area (Å²) < 4.78 is 16.7. The van der Waals surface area contributed by atoms with E-state index in [0.717, 1.165) is 85.7 Å². The Kier molecular flexibility index (Phi) is 7.95. The van der Waals surface area contributed by atoms with Crippen molar-refractivity contribution in [1.29, 1.82) is 0 Å². The molecule has 0 N–H and O–H groups in total. The van der Waals surface area contributed by atoms with Crippen molar-refractivity contribution in [2.45, 2.75) is 18.3 Å². The maximum atomic E-state index is 7.34. The van der Waals surface area contributed by atoms with Gasteiger partial charge in [0, 0.05) is 59.8 Å². The highest BCUT2D eigenvalue weighted by Crippen LogP contribution is 2.65. The summed E-state index contributed by atoms with van der Waals surface area (Å²) in [6.45, 7) is 0. The van der Waals surface area contributed by atoms with Crippen molar-refractivity contribution in [3.05, 3.63) is 245 Å². The molecule has 68 heavy (non-hydrogen) atoms. The lowest BCUT2D eigenvalue weighted by molar-refractivity contribution is 0.507. The molecule has 1 atom stereocenters. The Hall–Kier alpha value is -8.38. The van der Waals surface area contributed by atoms with E-state index in [9.17, 15) is 0 Å². The first-order valence-corrected chi connectivity index (χ1v) is 24.3. The highest BCUT2D eigenvalue weighted by molar-refractivity contribution is 7.26. The van der Waals surface area contributed by atoms with E-state index >= 15 is 0 Å². The molecular formula is C63H40N2O2S. The van der Waals surface area contributed by atoms with Crippen LogP contribution in [0.4, 0.5) is 28.4 Å². The van der Waals surface area contributed by atoms with Crippen LogP contribution in [0, 0.1) is 0 Å². The standard InChI is InChI=1S/C63H40N2O2S/c1-3-17-39(18-4-1)64(54-28-15-25-47-45-22-8-12-30-56(45)66-60(47)54)41-34-36-52-50(37-41)59-49-24-9-13-31-57(49)67-62(59)63(52)51-27-11-7-21-43(51)44-35-33-42(38-53(44)63)65(40-19-5-2-6-20-40)55-29-16-26-48-46-23-10-14-32-58(46)68-61(48)55/h1-14,16-27,29-38H,15,28H2. The second-order valence-corrected chi connectivity index (χ2v) is 19.2. The van der Waals surface area contributed by atoms with Gasteiger partial charge in [-0.2, -0.15) is 0 Å². The summed E-state index contributed by atoms with van der Waals surface area (Å²) in [5.74, 6) is 0.970. The molecule has 15 rings (SSSR count). The van der Waals surface area contributed by atoms with Crippen molar-refractivity contribution in [3.8, 4) is 22.3 Å². The van der Waals surface area contributed by atoms with Gasteiger partial charge >= 0.3 is 0 Å². The number of benzene rings is 9. The molecule has 0 saturated carbocycles. The third-order valence-electron chi connectivity index (χ3n) is 14.7. The van der Waals surface area contributed by atoms with Crippen LogP contribution < -0.4 is 20.4 Å². The number of nitrogens with zero attached hydrogens (tertiary/aromatic N) is 2. The third-order valence-corrected chi connectivity index (χ3v) is 15.9. The maximum Gasteiger partial charge on any atom is 0.154 e. The predicted molar refractivity (Wildman–Crippen MR) is 281 cm³/mol. The van der Waals surface area contributed by atoms with Crippen LogP contribution in [0.25, 0.3) is 76.1 Å². The van der Waals surface area contributed by atoms with Gasteiger partial charge in [0.05, 0.1) is 16.1 Å². The number of furan rings is 2. The summed E-state index contributed by atoms with van der Waals surface area (Å²) in [5, 5.41) is 6.01. The van der Waals surface area contributed by atoms with Crippen LogP contribution in [0.5, 0.6) is 0 Å². The molecule has 3 aliphatic rings. The maximum absolute atomic E-state index is 7.34. The summed E-state index contributed by atoms with van der Waals surface area (Å²) >= 11 is 1.86. The van der Waals surface area contributed by atoms with Crippen LogP contribution in [-0.4, -0.2) is 0 Å². The second kappa shape index (κ2) is 14.3. The summed E-state index contributed by atoms with van der Waals surface area (Å²) in [6.07, 6.45) is 4.11. The van der Waals surface area contributed by atoms with E-state index in [1.165, 1.54) is 58.8 Å². The molecule has 0 fully saturated rings. The first-order chi connectivity index (χ1) is 33.7. The Balaban J connectivity index is 1.00. The zero-order valence-electron chi connectivity index (χ0n) is 36.8. The van der Waals surface area contributed by atoms with E-state index in [0.29, 0.717) is 0 Å². The number of hydrogen-bond acceptors (Lipinski definition) is 5. The Morgan fingerprint density at radius 2 is 1.07 bits per heavy atom. The van der Waals surface area contributed by atoms with Gasteiger partial charge in [-0.3, -0.25) is 0 Å². The molecule has 0 bridgehead atoms. The number of rotatable bonds is 6. The molecule has 0 saturated heterocycles. The molecule has 9 aromatic carbocycles. The number of thiophene rings is 1. The molecule has 0 aliphatic heterocycles. The van der Waals surface area contributed by atoms with Gasteiger partial charge in [-0.15, -0.1) is 11.3 Å². The minimum atomic E-state index is -0.730. The third kappa shape index (κ3) is 5.14. The van der Waals surface area contributed by atoms with E-state index in [2.05, 4.69) is 228 Å². The van der Waals surface area contributed by atoms with E-state index in [1.54, 1.807) is 0 Å². The Bertz CT molecular complexity index is 4180. The van der Waals surface area contributed by atoms with E-state index in [4.69, 9.17) is 8.83 Å². The van der Waals surface area contributed by atoms with E-state index in [-0.39, 0.29) is 0 Å². The van der Waals surface area contributed by atoms with Crippen molar-refractivity contribution in [2.75, 3.05) is 9.80 Å². The summed E-state index contributed by atoms with van der Waals surface area (Å²) in [7, 11) is 0. The highest BCUT2D eigenvalue weighted by Gasteiger charge is 2.55. The monoisotopic (exact) mass is 888 g/mol. The quantitative estimate of drug-likeness (QED) is 0.167. The molecule has 3 aromatic heterocycles. The van der Waals surface area contributed by atoms with E-state index in [1.807, 2.05) is 11.3 Å². The Morgan fingerprint density at radius 3 is 1.91 bits per heavy atom. The normalized spacial score (nSPS) is 15.4. The number of hydrogen-bond donors (Lipinski definition) is 0. The smallest absolute Gasteiger partial charge is 0.154 e. The fraction of sp³-hybridized carbons (Fsp3) is 0.0476. The summed E-state index contributed by atoms with van der Waals surface area (Å²) in [4.78, 5) is 4.89. The fourth-order valence-electron chi connectivity index (χ4n) is 12.0. The lowest BCUT2D eigenvalue weighted by atomic mass is 9.73. The second-order valence-electron chi connectivity index (χ2n) is 18.2. The predicted octanol–water partition coefficient (Wildman–Crippen LogP) is 15.9. The number of para-hydroxylation sites is 4. The Morgan fingerprint density at radius 1 is 0.441 bits per heavy atom. The van der Waals surface area contributed by atoms with Crippen LogP contribution in [0.3, 0.4) is 0 Å². The van der Waals surface area contributed by atoms with Gasteiger partial charge in [0.15, 0.2) is 5.42 Å². The van der Waals surface area contributed by atoms with Gasteiger partial charge in [0.2, 0.25) is 0 Å². The zero-order valence-corrected chi connectivity index (χ0v) is 37.6.